The van der Waals surface area contributed by atoms with E-state index in [0.29, 0.717) is 5.56 Å². The van der Waals surface area contributed by atoms with Gasteiger partial charge in [0.05, 0.1) is 29.9 Å². The second-order valence-electron chi connectivity index (χ2n) is 4.21. The number of nitrogens with zero attached hydrogens (tertiary/aromatic N) is 1. The predicted molar refractivity (Wildman–Crippen MR) is 76.7 cm³/mol. The third-order valence-corrected chi connectivity index (χ3v) is 3.99. The van der Waals surface area contributed by atoms with Crippen molar-refractivity contribution in [1.82, 2.24) is 4.98 Å². The number of hydrogen-bond acceptors (Lipinski definition) is 5. The zero-order chi connectivity index (χ0) is 13.8. The van der Waals surface area contributed by atoms with Gasteiger partial charge in [-0.25, -0.2) is 9.78 Å². The molecule has 0 saturated heterocycles. The first-order valence-corrected chi connectivity index (χ1v) is 6.85. The van der Waals surface area contributed by atoms with E-state index in [2.05, 4.69) is 17.2 Å². The van der Waals surface area contributed by atoms with Crippen LogP contribution in [-0.4, -0.2) is 18.1 Å². The highest BCUT2D eigenvalue weighted by Crippen LogP contribution is 2.27. The number of para-hydroxylation sites is 1. The number of benzene rings is 1. The number of rotatable bonds is 4. The number of thiazole rings is 1. The highest BCUT2D eigenvalue weighted by molar-refractivity contribution is 7.09. The summed E-state index contributed by atoms with van der Waals surface area (Å²) in [6.07, 6.45) is 0. The molecule has 0 fully saturated rings. The molecule has 0 bridgehead atoms. The van der Waals surface area contributed by atoms with Crippen molar-refractivity contribution in [3.63, 3.8) is 0 Å². The first-order valence-electron chi connectivity index (χ1n) is 5.97. The van der Waals surface area contributed by atoms with Gasteiger partial charge in [0.25, 0.3) is 0 Å². The van der Waals surface area contributed by atoms with Crippen LogP contribution in [-0.2, 0) is 4.74 Å². The molecule has 0 amide bonds. The van der Waals surface area contributed by atoms with Gasteiger partial charge in [-0.3, -0.25) is 0 Å². The lowest BCUT2D eigenvalue weighted by molar-refractivity contribution is 0.0602. The van der Waals surface area contributed by atoms with E-state index in [1.807, 2.05) is 30.6 Å². The zero-order valence-corrected chi connectivity index (χ0v) is 12.0. The maximum Gasteiger partial charge on any atom is 0.339 e. The number of nitrogens with one attached hydrogen (secondary N) is 1. The molecule has 1 aromatic heterocycles. The highest BCUT2D eigenvalue weighted by atomic mass is 32.1. The maximum absolute atomic E-state index is 11.7. The minimum atomic E-state index is -0.337. The zero-order valence-electron chi connectivity index (χ0n) is 11.1. The Labute approximate surface area is 116 Å². The van der Waals surface area contributed by atoms with E-state index in [0.717, 1.165) is 11.4 Å². The summed E-state index contributed by atoms with van der Waals surface area (Å²) in [5.41, 5.74) is 4.16. The molecule has 100 valence electrons. The summed E-state index contributed by atoms with van der Waals surface area (Å²) in [6, 6.07) is 7.43. The number of esters is 1. The standard InChI is InChI=1S/C14H16N2O2S/c1-9-13(19-8-15-9)10(2)16-12-7-5-4-6-11(12)14(17)18-3/h4-8,10,16H,1-3H3. The normalized spacial score (nSPS) is 11.9. The number of aryl methyl sites for hydroxylation is 1. The molecule has 4 nitrogen and oxygen atoms in total. The van der Waals surface area contributed by atoms with Crippen molar-refractivity contribution in [3.05, 3.63) is 45.9 Å². The Balaban J connectivity index is 2.24. The minimum absolute atomic E-state index is 0.0957. The van der Waals surface area contributed by atoms with Gasteiger partial charge in [0.15, 0.2) is 0 Å². The van der Waals surface area contributed by atoms with Crippen LogP contribution in [0.15, 0.2) is 29.8 Å². The second kappa shape index (κ2) is 5.84. The van der Waals surface area contributed by atoms with Crippen LogP contribution in [0.1, 0.15) is 33.9 Å². The van der Waals surface area contributed by atoms with E-state index in [1.165, 1.54) is 12.0 Å². The third kappa shape index (κ3) is 2.93. The largest absolute Gasteiger partial charge is 0.465 e. The number of carbonyl (C=O) groups is 1. The van der Waals surface area contributed by atoms with E-state index in [4.69, 9.17) is 4.74 Å². The van der Waals surface area contributed by atoms with Gasteiger partial charge in [0.2, 0.25) is 0 Å². The molecular formula is C14H16N2O2S. The van der Waals surface area contributed by atoms with Crippen molar-refractivity contribution in [3.8, 4) is 0 Å². The summed E-state index contributed by atoms with van der Waals surface area (Å²) in [6.45, 7) is 4.03. The van der Waals surface area contributed by atoms with Gasteiger partial charge in [-0.15, -0.1) is 11.3 Å². The molecule has 2 aromatic rings. The SMILES string of the molecule is COC(=O)c1ccccc1NC(C)c1scnc1C. The fourth-order valence-corrected chi connectivity index (χ4v) is 2.73. The van der Waals surface area contributed by atoms with E-state index in [-0.39, 0.29) is 12.0 Å². The second-order valence-corrected chi connectivity index (χ2v) is 5.09. The Bertz CT molecular complexity index is 580. The Hall–Kier alpha value is -1.88. The van der Waals surface area contributed by atoms with Crippen LogP contribution in [0.4, 0.5) is 5.69 Å². The maximum atomic E-state index is 11.7. The molecule has 0 spiro atoms. The topological polar surface area (TPSA) is 51.2 Å². The summed E-state index contributed by atoms with van der Waals surface area (Å²) in [7, 11) is 1.38. The lowest BCUT2D eigenvalue weighted by Gasteiger charge is -2.16. The van der Waals surface area contributed by atoms with Crippen molar-refractivity contribution >= 4 is 23.0 Å². The number of anilines is 1. The fourth-order valence-electron chi connectivity index (χ4n) is 1.92. The summed E-state index contributed by atoms with van der Waals surface area (Å²) < 4.78 is 4.78. The van der Waals surface area contributed by atoms with Crippen LogP contribution in [0.5, 0.6) is 0 Å². The van der Waals surface area contributed by atoms with Gasteiger partial charge in [-0.05, 0) is 26.0 Å². The van der Waals surface area contributed by atoms with Crippen LogP contribution < -0.4 is 5.32 Å². The molecule has 0 aliphatic carbocycles. The van der Waals surface area contributed by atoms with Gasteiger partial charge in [0.1, 0.15) is 0 Å². The fraction of sp³-hybridized carbons (Fsp3) is 0.286. The molecule has 0 radical (unpaired) electrons. The van der Waals surface area contributed by atoms with Gasteiger partial charge >= 0.3 is 5.97 Å². The Kier molecular flexibility index (Phi) is 4.16. The molecule has 1 aromatic carbocycles. The van der Waals surface area contributed by atoms with Crippen LogP contribution in [0.3, 0.4) is 0 Å². The molecule has 0 saturated carbocycles. The lowest BCUT2D eigenvalue weighted by Crippen LogP contribution is -2.11. The molecule has 1 N–H and O–H groups in total. The molecule has 1 unspecified atom stereocenters. The van der Waals surface area contributed by atoms with Crippen molar-refractivity contribution in [1.29, 1.82) is 0 Å². The van der Waals surface area contributed by atoms with Crippen LogP contribution in [0, 0.1) is 6.92 Å². The average molecular weight is 276 g/mol. The van der Waals surface area contributed by atoms with Gasteiger partial charge in [-0.2, -0.15) is 0 Å². The predicted octanol–water partition coefficient (Wildman–Crippen LogP) is 3.41. The van der Waals surface area contributed by atoms with Gasteiger partial charge in [0, 0.05) is 10.6 Å². The van der Waals surface area contributed by atoms with Crippen molar-refractivity contribution in [2.45, 2.75) is 19.9 Å². The van der Waals surface area contributed by atoms with E-state index >= 15 is 0 Å². The summed E-state index contributed by atoms with van der Waals surface area (Å²) in [5.74, 6) is -0.337. The average Bonchev–Trinajstić information content (AvgIpc) is 2.85. The molecule has 0 aliphatic heterocycles. The first-order chi connectivity index (χ1) is 9.13. The van der Waals surface area contributed by atoms with Gasteiger partial charge in [-0.1, -0.05) is 12.1 Å². The quantitative estimate of drug-likeness (QED) is 0.869. The van der Waals surface area contributed by atoms with E-state index in [1.54, 1.807) is 17.4 Å². The number of methoxy groups -OCH3 is 1. The van der Waals surface area contributed by atoms with Crippen LogP contribution >= 0.6 is 11.3 Å². The summed E-state index contributed by atoms with van der Waals surface area (Å²) >= 11 is 1.61. The van der Waals surface area contributed by atoms with Crippen LogP contribution in [0.2, 0.25) is 0 Å². The smallest absolute Gasteiger partial charge is 0.339 e. The van der Waals surface area contributed by atoms with Crippen LogP contribution in [0.25, 0.3) is 0 Å². The molecule has 1 heterocycles. The highest BCUT2D eigenvalue weighted by Gasteiger charge is 2.15. The van der Waals surface area contributed by atoms with Crippen molar-refractivity contribution in [2.24, 2.45) is 0 Å². The van der Waals surface area contributed by atoms with E-state index < -0.39 is 0 Å². The van der Waals surface area contributed by atoms with Crippen molar-refractivity contribution in [2.75, 3.05) is 12.4 Å². The molecule has 5 heteroatoms. The van der Waals surface area contributed by atoms with E-state index in [9.17, 15) is 4.79 Å². The number of hydrogen-bond donors (Lipinski definition) is 1. The van der Waals surface area contributed by atoms with Crippen molar-refractivity contribution < 1.29 is 9.53 Å². The molecule has 2 rings (SSSR count). The Morgan fingerprint density at radius 1 is 1.42 bits per heavy atom. The molecule has 1 atom stereocenters. The minimum Gasteiger partial charge on any atom is -0.465 e. The number of ether oxygens (including phenoxy) is 1. The molecular weight excluding hydrogens is 260 g/mol. The molecule has 0 aliphatic rings. The third-order valence-electron chi connectivity index (χ3n) is 2.88. The Morgan fingerprint density at radius 2 is 2.16 bits per heavy atom. The summed E-state index contributed by atoms with van der Waals surface area (Å²) in [5, 5.41) is 3.34. The van der Waals surface area contributed by atoms with Gasteiger partial charge < -0.3 is 10.1 Å². The molecule has 19 heavy (non-hydrogen) atoms. The number of carbonyl (C=O) groups excluding carboxylic acids is 1. The first kappa shape index (κ1) is 13.5. The monoisotopic (exact) mass is 276 g/mol. The lowest BCUT2D eigenvalue weighted by atomic mass is 10.1. The number of aromatic nitrogens is 1. The Morgan fingerprint density at radius 3 is 2.79 bits per heavy atom. The summed E-state index contributed by atoms with van der Waals surface area (Å²) in [4.78, 5) is 17.1.